The smallest absolute Gasteiger partial charge is 0.231 e. The quantitative estimate of drug-likeness (QED) is 0.833. The van der Waals surface area contributed by atoms with Gasteiger partial charge in [-0.25, -0.2) is 0 Å². The third-order valence-corrected chi connectivity index (χ3v) is 4.02. The van der Waals surface area contributed by atoms with Gasteiger partial charge in [-0.3, -0.25) is 0 Å². The Hall–Kier alpha value is -0.870. The standard InChI is InChI=1S/C11H13NO2S/c12-7-3-9(4-7)15-8-1-2-10-11(5-8)14-6-13-10/h1-2,5,7,9H,3-4,6,12H2. The molecule has 0 bridgehead atoms. The van der Waals surface area contributed by atoms with Crippen LogP contribution in [0.2, 0.25) is 0 Å². The SMILES string of the molecule is NC1CC(Sc2ccc3c(c2)OCO3)C1. The normalized spacial score (nSPS) is 27.5. The molecule has 4 heteroatoms. The van der Waals surface area contributed by atoms with E-state index in [-0.39, 0.29) is 0 Å². The van der Waals surface area contributed by atoms with Crippen LogP contribution >= 0.6 is 11.8 Å². The van der Waals surface area contributed by atoms with E-state index in [0.717, 1.165) is 24.3 Å². The molecule has 0 saturated heterocycles. The molecule has 2 aliphatic rings. The van der Waals surface area contributed by atoms with Gasteiger partial charge in [0.2, 0.25) is 6.79 Å². The van der Waals surface area contributed by atoms with E-state index in [1.807, 2.05) is 17.8 Å². The number of ether oxygens (including phenoxy) is 2. The Kier molecular flexibility index (Phi) is 2.25. The fraction of sp³-hybridized carbons (Fsp3) is 0.455. The second-order valence-corrected chi connectivity index (χ2v) is 5.36. The highest BCUT2D eigenvalue weighted by Crippen LogP contribution is 2.40. The molecule has 0 atom stereocenters. The fourth-order valence-electron chi connectivity index (χ4n) is 1.85. The van der Waals surface area contributed by atoms with Crippen molar-refractivity contribution in [2.45, 2.75) is 29.0 Å². The molecule has 0 radical (unpaired) electrons. The van der Waals surface area contributed by atoms with Crippen LogP contribution in [0, 0.1) is 0 Å². The molecule has 80 valence electrons. The number of hydrogen-bond acceptors (Lipinski definition) is 4. The van der Waals surface area contributed by atoms with Crippen LogP contribution in [-0.2, 0) is 0 Å². The number of benzene rings is 1. The zero-order valence-corrected chi connectivity index (χ0v) is 9.13. The van der Waals surface area contributed by atoms with Crippen molar-refractivity contribution in [3.63, 3.8) is 0 Å². The van der Waals surface area contributed by atoms with Gasteiger partial charge in [0.05, 0.1) is 0 Å². The average Bonchev–Trinajstić information content (AvgIpc) is 2.62. The van der Waals surface area contributed by atoms with Gasteiger partial charge in [-0.1, -0.05) is 0 Å². The molecule has 1 aliphatic carbocycles. The van der Waals surface area contributed by atoms with Crippen molar-refractivity contribution in [2.75, 3.05) is 6.79 Å². The number of hydrogen-bond donors (Lipinski definition) is 1. The maximum Gasteiger partial charge on any atom is 0.231 e. The molecule has 15 heavy (non-hydrogen) atoms. The molecule has 1 aliphatic heterocycles. The van der Waals surface area contributed by atoms with E-state index in [1.165, 1.54) is 4.90 Å². The topological polar surface area (TPSA) is 44.5 Å². The lowest BCUT2D eigenvalue weighted by atomic mass is 9.94. The Morgan fingerprint density at radius 2 is 2.00 bits per heavy atom. The van der Waals surface area contributed by atoms with E-state index >= 15 is 0 Å². The lowest BCUT2D eigenvalue weighted by Crippen LogP contribution is -2.38. The third kappa shape index (κ3) is 1.79. The second kappa shape index (κ2) is 3.61. The summed E-state index contributed by atoms with van der Waals surface area (Å²) >= 11 is 1.88. The highest BCUT2D eigenvalue weighted by atomic mass is 32.2. The van der Waals surface area contributed by atoms with Crippen LogP contribution < -0.4 is 15.2 Å². The summed E-state index contributed by atoms with van der Waals surface area (Å²) in [4.78, 5) is 1.25. The predicted octanol–water partition coefficient (Wildman–Crippen LogP) is 2.00. The number of fused-ring (bicyclic) bond motifs is 1. The van der Waals surface area contributed by atoms with E-state index in [9.17, 15) is 0 Å². The highest BCUT2D eigenvalue weighted by molar-refractivity contribution is 8.00. The summed E-state index contributed by atoms with van der Waals surface area (Å²) in [7, 11) is 0. The summed E-state index contributed by atoms with van der Waals surface area (Å²) in [5, 5.41) is 0.681. The van der Waals surface area contributed by atoms with Crippen molar-refractivity contribution in [1.29, 1.82) is 0 Å². The molecule has 1 aromatic carbocycles. The first kappa shape index (κ1) is 9.36. The number of nitrogens with two attached hydrogens (primary N) is 1. The van der Waals surface area contributed by atoms with E-state index in [1.54, 1.807) is 0 Å². The van der Waals surface area contributed by atoms with Gasteiger partial charge in [-0.15, -0.1) is 11.8 Å². The van der Waals surface area contributed by atoms with Crippen molar-refractivity contribution >= 4 is 11.8 Å². The van der Waals surface area contributed by atoms with Gasteiger partial charge in [0.15, 0.2) is 11.5 Å². The molecule has 0 spiro atoms. The molecule has 3 nitrogen and oxygen atoms in total. The summed E-state index contributed by atoms with van der Waals surface area (Å²) < 4.78 is 10.6. The van der Waals surface area contributed by atoms with Gasteiger partial charge in [-0.2, -0.15) is 0 Å². The second-order valence-electron chi connectivity index (χ2n) is 3.99. The minimum Gasteiger partial charge on any atom is -0.454 e. The summed E-state index contributed by atoms with van der Waals surface area (Å²) in [6, 6.07) is 6.53. The lowest BCUT2D eigenvalue weighted by molar-refractivity contribution is 0.174. The molecule has 0 unspecified atom stereocenters. The molecule has 3 rings (SSSR count). The van der Waals surface area contributed by atoms with Crippen molar-refractivity contribution < 1.29 is 9.47 Å². The van der Waals surface area contributed by atoms with E-state index in [0.29, 0.717) is 18.1 Å². The Balaban J connectivity index is 1.70. The lowest BCUT2D eigenvalue weighted by Gasteiger charge is -2.31. The maximum absolute atomic E-state index is 5.75. The van der Waals surface area contributed by atoms with Gasteiger partial charge in [0.1, 0.15) is 0 Å². The zero-order chi connectivity index (χ0) is 10.3. The van der Waals surface area contributed by atoms with Gasteiger partial charge in [0.25, 0.3) is 0 Å². The Bertz CT molecular complexity index is 377. The predicted molar refractivity (Wildman–Crippen MR) is 59.4 cm³/mol. The first-order valence-electron chi connectivity index (χ1n) is 5.13. The first-order valence-corrected chi connectivity index (χ1v) is 6.01. The maximum atomic E-state index is 5.75. The van der Waals surface area contributed by atoms with Gasteiger partial charge in [0, 0.05) is 16.2 Å². The minimum absolute atomic E-state index is 0.345. The molecular formula is C11H13NO2S. The molecule has 1 saturated carbocycles. The zero-order valence-electron chi connectivity index (χ0n) is 8.31. The number of thioether (sulfide) groups is 1. The van der Waals surface area contributed by atoms with Crippen molar-refractivity contribution in [3.8, 4) is 11.5 Å². The van der Waals surface area contributed by atoms with Crippen LogP contribution in [0.4, 0.5) is 0 Å². The first-order chi connectivity index (χ1) is 7.31. The number of rotatable bonds is 2. The van der Waals surface area contributed by atoms with E-state index < -0.39 is 0 Å². The minimum atomic E-state index is 0.345. The molecule has 0 aromatic heterocycles. The Labute approximate surface area is 92.9 Å². The molecule has 1 fully saturated rings. The Morgan fingerprint density at radius 3 is 2.80 bits per heavy atom. The summed E-state index contributed by atoms with van der Waals surface area (Å²) in [6.07, 6.45) is 2.25. The molecule has 0 amide bonds. The van der Waals surface area contributed by atoms with Crippen LogP contribution in [0.15, 0.2) is 23.1 Å². The van der Waals surface area contributed by atoms with Crippen molar-refractivity contribution in [3.05, 3.63) is 18.2 Å². The summed E-state index contributed by atoms with van der Waals surface area (Å²) in [5.41, 5.74) is 5.75. The highest BCUT2D eigenvalue weighted by Gasteiger charge is 2.27. The van der Waals surface area contributed by atoms with Crippen molar-refractivity contribution in [1.82, 2.24) is 0 Å². The van der Waals surface area contributed by atoms with Crippen LogP contribution in [0.5, 0.6) is 11.5 Å². The van der Waals surface area contributed by atoms with Crippen molar-refractivity contribution in [2.24, 2.45) is 5.73 Å². The largest absolute Gasteiger partial charge is 0.454 e. The molecule has 1 heterocycles. The fourth-order valence-corrected chi connectivity index (χ4v) is 3.24. The van der Waals surface area contributed by atoms with E-state index in [4.69, 9.17) is 15.2 Å². The van der Waals surface area contributed by atoms with Gasteiger partial charge in [-0.05, 0) is 31.0 Å². The van der Waals surface area contributed by atoms with Crippen LogP contribution in [0.1, 0.15) is 12.8 Å². The van der Waals surface area contributed by atoms with Gasteiger partial charge >= 0.3 is 0 Å². The van der Waals surface area contributed by atoms with Crippen LogP contribution in [0.25, 0.3) is 0 Å². The molecule has 2 N–H and O–H groups in total. The van der Waals surface area contributed by atoms with Crippen LogP contribution in [0.3, 0.4) is 0 Å². The molecular weight excluding hydrogens is 210 g/mol. The Morgan fingerprint density at radius 1 is 1.20 bits per heavy atom. The van der Waals surface area contributed by atoms with E-state index in [2.05, 4.69) is 12.1 Å². The summed E-state index contributed by atoms with van der Waals surface area (Å²) in [5.74, 6) is 1.72. The summed E-state index contributed by atoms with van der Waals surface area (Å²) in [6.45, 7) is 0.345. The average molecular weight is 223 g/mol. The molecule has 1 aromatic rings. The third-order valence-electron chi connectivity index (χ3n) is 2.78. The monoisotopic (exact) mass is 223 g/mol. The van der Waals surface area contributed by atoms with Gasteiger partial charge < -0.3 is 15.2 Å². The van der Waals surface area contributed by atoms with Crippen LogP contribution in [-0.4, -0.2) is 18.1 Å².